The van der Waals surface area contributed by atoms with Gasteiger partial charge in [-0.2, -0.15) is 0 Å². The summed E-state index contributed by atoms with van der Waals surface area (Å²) in [7, 11) is 0. The van der Waals surface area contributed by atoms with Crippen molar-refractivity contribution in [1.29, 1.82) is 0 Å². The number of alkyl halides is 1. The van der Waals surface area contributed by atoms with E-state index in [1.165, 1.54) is 23.5 Å². The van der Waals surface area contributed by atoms with Crippen LogP contribution in [-0.4, -0.2) is 54.4 Å². The number of rotatable bonds is 10. The summed E-state index contributed by atoms with van der Waals surface area (Å²) < 4.78 is 9.31. The molecule has 280 valence electrons. The third-order valence-electron chi connectivity index (χ3n) is 3.89. The molecular formula is C35H55BrK2N2O8S3. The van der Waals surface area contributed by atoms with Gasteiger partial charge in [0.2, 0.25) is 5.91 Å². The van der Waals surface area contributed by atoms with E-state index in [0.717, 1.165) is 14.7 Å². The fourth-order valence-corrected chi connectivity index (χ4v) is 3.98. The van der Waals surface area contributed by atoms with Crippen LogP contribution in [0.15, 0.2) is 106 Å². The van der Waals surface area contributed by atoms with Crippen LogP contribution in [-0.2, 0) is 33.5 Å². The van der Waals surface area contributed by atoms with Gasteiger partial charge >= 0.3 is 115 Å². The molecule has 16 heteroatoms. The Morgan fingerprint density at radius 1 is 0.745 bits per heavy atom. The maximum Gasteiger partial charge on any atom is 1.00 e. The minimum atomic E-state index is -0.206. The predicted octanol–water partition coefficient (Wildman–Crippen LogP) is 1.66. The zero-order chi connectivity index (χ0) is 38.6. The van der Waals surface area contributed by atoms with Crippen LogP contribution < -0.4 is 119 Å². The zero-order valence-corrected chi connectivity index (χ0v) is 42.1. The van der Waals surface area contributed by atoms with Gasteiger partial charge in [0.15, 0.2) is 0 Å². The van der Waals surface area contributed by atoms with Crippen LogP contribution >= 0.6 is 52.1 Å². The van der Waals surface area contributed by atoms with E-state index in [4.69, 9.17) is 20.6 Å². The first kappa shape index (κ1) is 66.1. The van der Waals surface area contributed by atoms with Crippen LogP contribution in [0.2, 0.25) is 0 Å². The Morgan fingerprint density at radius 2 is 1.08 bits per heavy atom. The number of thioether (sulfide) groups is 2. The van der Waals surface area contributed by atoms with Crippen molar-refractivity contribution < 1.29 is 143 Å². The molecule has 0 aliphatic heterocycles. The van der Waals surface area contributed by atoms with Crippen LogP contribution in [0.4, 0.5) is 0 Å². The predicted molar refractivity (Wildman–Crippen MR) is 210 cm³/mol. The van der Waals surface area contributed by atoms with Crippen molar-refractivity contribution in [3.63, 3.8) is 0 Å². The molecule has 3 aromatic carbocycles. The maximum absolute atomic E-state index is 11.0. The number of carbonyl (C=O) groups excluding carboxylic acids is 4. The second kappa shape index (κ2) is 59.5. The number of hydrogen-bond donors (Lipinski definition) is 3. The third kappa shape index (κ3) is 57.1. The first-order valence-electron chi connectivity index (χ1n) is 15.5. The van der Waals surface area contributed by atoms with Gasteiger partial charge in [-0.05, 0) is 50.2 Å². The van der Waals surface area contributed by atoms with Gasteiger partial charge in [-0.3, -0.25) is 24.6 Å². The molecule has 0 aromatic heterocycles. The van der Waals surface area contributed by atoms with E-state index in [9.17, 15) is 14.4 Å². The normalized spacial score (nSPS) is 7.76. The summed E-state index contributed by atoms with van der Waals surface area (Å²) in [5.74, 6) is 5.15. The van der Waals surface area contributed by atoms with Gasteiger partial charge < -0.3 is 21.0 Å². The Balaban J connectivity index is -0.0000000766. The Kier molecular flexibility index (Phi) is 77.2. The summed E-state index contributed by atoms with van der Waals surface area (Å²) in [6.45, 7) is 16.3. The molecule has 0 saturated carbocycles. The molecule has 0 spiro atoms. The Bertz CT molecular complexity index is 1130. The fourth-order valence-electron chi connectivity index (χ4n) is 2.20. The molecule has 10 nitrogen and oxygen atoms in total. The number of nitrogens with one attached hydrogen (secondary N) is 1. The Morgan fingerprint density at radius 3 is 1.33 bits per heavy atom. The molecule has 0 aliphatic rings. The minimum absolute atomic E-state index is 0. The van der Waals surface area contributed by atoms with Gasteiger partial charge in [-0.25, -0.2) is 5.84 Å². The zero-order valence-electron chi connectivity index (χ0n) is 32.8. The van der Waals surface area contributed by atoms with Crippen molar-refractivity contribution in [2.45, 2.75) is 70.1 Å². The number of amides is 1. The van der Waals surface area contributed by atoms with E-state index in [-0.39, 0.29) is 129 Å². The van der Waals surface area contributed by atoms with Gasteiger partial charge in [0.1, 0.15) is 5.33 Å². The van der Waals surface area contributed by atoms with Crippen molar-refractivity contribution in [3.05, 3.63) is 91.0 Å². The third-order valence-corrected chi connectivity index (χ3v) is 6.64. The summed E-state index contributed by atoms with van der Waals surface area (Å²) >= 11 is 9.98. The molecule has 51 heavy (non-hydrogen) atoms. The summed E-state index contributed by atoms with van der Waals surface area (Å²) in [4.78, 5) is 46.3. The van der Waals surface area contributed by atoms with Crippen molar-refractivity contribution in [1.82, 2.24) is 5.43 Å². The van der Waals surface area contributed by atoms with E-state index in [1.54, 1.807) is 6.92 Å². The van der Waals surface area contributed by atoms with Gasteiger partial charge in [-0.1, -0.05) is 112 Å². The molecule has 0 fully saturated rings. The monoisotopic (exact) mass is 884 g/mol. The molecule has 0 saturated heterocycles. The molecule has 3 aromatic rings. The molecule has 0 bridgehead atoms. The minimum Gasteiger partial charge on any atom is -1.00 e. The average molecular weight is 886 g/mol. The molecule has 3 rings (SSSR count). The Hall–Kier alpha value is 0.263. The molecule has 0 unspecified atom stereocenters. The number of halogens is 1. The van der Waals surface area contributed by atoms with E-state index in [1.807, 2.05) is 139 Å². The number of hydrogen-bond acceptors (Lipinski definition) is 12. The summed E-state index contributed by atoms with van der Waals surface area (Å²) in [5, 5.41) is 8.72. The smallest absolute Gasteiger partial charge is 1.00 e. The van der Waals surface area contributed by atoms with Gasteiger partial charge in [0, 0.05) is 14.7 Å². The molecule has 1 amide bonds. The van der Waals surface area contributed by atoms with Crippen molar-refractivity contribution in [3.8, 4) is 0 Å². The van der Waals surface area contributed by atoms with Crippen molar-refractivity contribution in [2.24, 2.45) is 5.84 Å². The summed E-state index contributed by atoms with van der Waals surface area (Å²) in [6.07, 6.45) is 0. The van der Waals surface area contributed by atoms with Crippen LogP contribution in [0, 0.1) is 0 Å². The topological polar surface area (TPSA) is 157 Å². The molecule has 0 atom stereocenters. The first-order chi connectivity index (χ1) is 23.8. The largest absolute Gasteiger partial charge is 1.00 e. The molecule has 0 radical (unpaired) electrons. The van der Waals surface area contributed by atoms with Crippen LogP contribution in [0.25, 0.3) is 0 Å². The first-order valence-corrected chi connectivity index (χ1v) is 19.0. The van der Waals surface area contributed by atoms with Crippen LogP contribution in [0.1, 0.15) is 56.8 Å². The van der Waals surface area contributed by atoms with E-state index < -0.39 is 0 Å². The quantitative estimate of drug-likeness (QED) is 0.0260. The van der Waals surface area contributed by atoms with Gasteiger partial charge in [0.05, 0.1) is 24.7 Å². The molecule has 3 N–H and O–H groups in total. The van der Waals surface area contributed by atoms with Crippen molar-refractivity contribution >= 4 is 76.4 Å². The second-order valence-corrected chi connectivity index (χ2v) is 10.2. The van der Waals surface area contributed by atoms with E-state index in [0.29, 0.717) is 30.0 Å². The molecular weight excluding hydrogens is 831 g/mol. The number of ether oxygens (including phenoxy) is 2. The fraction of sp³-hybridized carbons (Fsp3) is 0.371. The number of thiol groups is 1. The number of esters is 2. The molecule has 0 aliphatic carbocycles. The SMILES string of the molecule is CC.CC.CC.CCOC(=O)CBr.CCOC(=O)CSc1ccccc1.NNC(=O)CSc1ccccc1.O=CO[O-].Sc1ccccc1.[H-].[K+].[K+]. The van der Waals surface area contributed by atoms with Gasteiger partial charge in [0.25, 0.3) is 6.47 Å². The second-order valence-electron chi connectivity index (χ2n) is 7.04. The number of carbonyl (C=O) groups is 4. The molecule has 0 heterocycles. The summed E-state index contributed by atoms with van der Waals surface area (Å²) in [6, 6.07) is 29.3. The van der Waals surface area contributed by atoms with Crippen molar-refractivity contribution in [2.75, 3.05) is 30.0 Å². The standard InChI is InChI=1S/C10H12O2S.C8H10N2OS.C6H6S.C4H7BrO2.3C2H6.CH2O3.2K.H/c1-2-12-10(11)8-13-9-6-4-3-5-7-9;9-10-8(11)6-12-7-4-2-1-3-5-7;7-6-4-2-1-3-5-6;1-2-7-4(6)3-5;3*1-2;2-1-4-3;;;/h3-7H,2,8H2,1H3;1-5H,6,9H2,(H,10,11);1-5,7H;2-3H2,1H3;3*1-2H3;1,3H;;;/q;;;;;;;;2*+1;-1/p-1. The van der Waals surface area contributed by atoms with Crippen LogP contribution in [0.3, 0.4) is 0 Å². The number of benzene rings is 3. The average Bonchev–Trinajstić information content (AvgIpc) is 3.17. The van der Waals surface area contributed by atoms with E-state index in [2.05, 4.69) is 43.6 Å². The number of hydrazine groups is 1. The van der Waals surface area contributed by atoms with Gasteiger partial charge in [-0.15, -0.1) is 36.2 Å². The Labute approximate surface area is 415 Å². The van der Waals surface area contributed by atoms with E-state index >= 15 is 0 Å². The maximum atomic E-state index is 11.0. The summed E-state index contributed by atoms with van der Waals surface area (Å²) in [5.41, 5.74) is 2.08. The number of nitrogens with two attached hydrogens (primary N) is 1. The van der Waals surface area contributed by atoms with Crippen LogP contribution in [0.5, 0.6) is 0 Å².